The van der Waals surface area contributed by atoms with E-state index < -0.39 is 23.4 Å². The minimum atomic E-state index is -0.824. The third kappa shape index (κ3) is 1.19. The Bertz CT molecular complexity index is 504. The van der Waals surface area contributed by atoms with Crippen molar-refractivity contribution in [3.05, 3.63) is 11.1 Å². The van der Waals surface area contributed by atoms with Crippen LogP contribution in [0.4, 0.5) is 0 Å². The van der Waals surface area contributed by atoms with Gasteiger partial charge in [-0.3, -0.25) is 14.4 Å². The molecule has 2 bridgehead atoms. The van der Waals surface area contributed by atoms with Gasteiger partial charge in [0.05, 0.1) is 18.4 Å². The first kappa shape index (κ1) is 11.4. The molecule has 0 N–H and O–H groups in total. The van der Waals surface area contributed by atoms with Crippen molar-refractivity contribution in [2.45, 2.75) is 32.3 Å². The van der Waals surface area contributed by atoms with Crippen LogP contribution < -0.4 is 0 Å². The zero-order chi connectivity index (χ0) is 13.1. The molecule has 0 radical (unpaired) electrons. The molecule has 1 saturated heterocycles. The summed E-state index contributed by atoms with van der Waals surface area (Å²) in [6, 6.07) is 0. The van der Waals surface area contributed by atoms with E-state index in [1.165, 1.54) is 7.11 Å². The third-order valence-corrected chi connectivity index (χ3v) is 4.36. The Hall–Kier alpha value is -1.65. The van der Waals surface area contributed by atoms with Gasteiger partial charge in [0.25, 0.3) is 0 Å². The summed E-state index contributed by atoms with van der Waals surface area (Å²) in [5.74, 6) is -1.27. The number of esters is 2. The molecule has 3 atom stereocenters. The first-order valence-electron chi connectivity index (χ1n) is 6.04. The molecular formula is C13H14O5. The van der Waals surface area contributed by atoms with E-state index in [0.29, 0.717) is 24.8 Å². The number of methoxy groups -OCH3 is 1. The maximum absolute atomic E-state index is 12.0. The molecule has 0 amide bonds. The Morgan fingerprint density at radius 1 is 1.39 bits per heavy atom. The fourth-order valence-electron chi connectivity index (χ4n) is 3.40. The molecule has 0 spiro atoms. The number of fused-ring (bicyclic) bond motifs is 2. The molecule has 96 valence electrons. The van der Waals surface area contributed by atoms with Gasteiger partial charge >= 0.3 is 11.9 Å². The lowest BCUT2D eigenvalue weighted by atomic mass is 9.64. The molecule has 0 aromatic rings. The number of ether oxygens (including phenoxy) is 2. The van der Waals surface area contributed by atoms with Crippen molar-refractivity contribution in [1.82, 2.24) is 0 Å². The fourth-order valence-corrected chi connectivity index (χ4v) is 3.40. The molecule has 2 aliphatic carbocycles. The summed E-state index contributed by atoms with van der Waals surface area (Å²) >= 11 is 0. The monoisotopic (exact) mass is 250 g/mol. The summed E-state index contributed by atoms with van der Waals surface area (Å²) in [5, 5.41) is 0. The van der Waals surface area contributed by atoms with E-state index in [1.807, 2.05) is 0 Å². The number of Topliss-reactive ketones (excluding diaryl/α,β-unsaturated/α-hetero) is 1. The van der Waals surface area contributed by atoms with Crippen molar-refractivity contribution in [1.29, 1.82) is 0 Å². The normalized spacial score (nSPS) is 37.7. The number of hydrogen-bond donors (Lipinski definition) is 0. The molecule has 1 fully saturated rings. The summed E-state index contributed by atoms with van der Waals surface area (Å²) in [6.07, 6.45) is 0.692. The predicted molar refractivity (Wildman–Crippen MR) is 59.4 cm³/mol. The zero-order valence-electron chi connectivity index (χ0n) is 10.3. The van der Waals surface area contributed by atoms with Crippen LogP contribution in [0.25, 0.3) is 0 Å². The Labute approximate surface area is 104 Å². The maximum Gasteiger partial charge on any atom is 0.316 e. The van der Waals surface area contributed by atoms with E-state index in [2.05, 4.69) is 0 Å². The van der Waals surface area contributed by atoms with Crippen molar-refractivity contribution in [2.24, 2.45) is 11.3 Å². The molecule has 0 saturated carbocycles. The smallest absolute Gasteiger partial charge is 0.316 e. The van der Waals surface area contributed by atoms with E-state index in [4.69, 9.17) is 9.47 Å². The SMILES string of the molecule is COC(=O)[C@H]1CC2(C)C(=O)OC1C1=C2CCC1=O. The molecule has 0 aromatic carbocycles. The van der Waals surface area contributed by atoms with Crippen molar-refractivity contribution < 1.29 is 23.9 Å². The predicted octanol–water partition coefficient (Wildman–Crippen LogP) is 0.770. The van der Waals surface area contributed by atoms with E-state index >= 15 is 0 Å². The Kier molecular flexibility index (Phi) is 2.18. The second-order valence-corrected chi connectivity index (χ2v) is 5.31. The average molecular weight is 250 g/mol. The van der Waals surface area contributed by atoms with E-state index in [1.54, 1.807) is 6.92 Å². The van der Waals surface area contributed by atoms with Crippen LogP contribution in [0, 0.1) is 11.3 Å². The van der Waals surface area contributed by atoms with Gasteiger partial charge in [0, 0.05) is 12.0 Å². The number of rotatable bonds is 1. The standard InChI is InChI=1S/C13H14O5/c1-13-5-6(11(15)17-2)10(18-12(13)16)9-7(13)3-4-8(9)14/h6,10H,3-5H2,1-2H3/t6-,10?,13?/m0/s1. The molecule has 4 aliphatic rings. The molecule has 0 aromatic heterocycles. The highest BCUT2D eigenvalue weighted by molar-refractivity contribution is 6.05. The van der Waals surface area contributed by atoms with Crippen molar-refractivity contribution in [3.8, 4) is 0 Å². The maximum atomic E-state index is 12.0. The highest BCUT2D eigenvalue weighted by atomic mass is 16.6. The summed E-state index contributed by atoms with van der Waals surface area (Å²) < 4.78 is 10.0. The number of ketones is 1. The second-order valence-electron chi connectivity index (χ2n) is 5.31. The summed E-state index contributed by atoms with van der Waals surface area (Å²) in [7, 11) is 1.31. The minimum Gasteiger partial charge on any atom is -0.469 e. The molecule has 18 heavy (non-hydrogen) atoms. The molecular weight excluding hydrogens is 236 g/mol. The first-order valence-corrected chi connectivity index (χ1v) is 6.04. The summed E-state index contributed by atoms with van der Waals surface area (Å²) in [4.78, 5) is 35.6. The number of carbonyl (C=O) groups is 3. The van der Waals surface area contributed by atoms with Crippen molar-refractivity contribution in [3.63, 3.8) is 0 Å². The van der Waals surface area contributed by atoms with Gasteiger partial charge in [-0.15, -0.1) is 0 Å². The van der Waals surface area contributed by atoms with Gasteiger partial charge in [-0.25, -0.2) is 0 Å². The third-order valence-electron chi connectivity index (χ3n) is 4.36. The molecule has 2 heterocycles. The lowest BCUT2D eigenvalue weighted by Gasteiger charge is -2.46. The topological polar surface area (TPSA) is 69.7 Å². The van der Waals surface area contributed by atoms with Gasteiger partial charge in [0.1, 0.15) is 6.10 Å². The Morgan fingerprint density at radius 3 is 2.78 bits per heavy atom. The van der Waals surface area contributed by atoms with E-state index in [0.717, 1.165) is 5.57 Å². The van der Waals surface area contributed by atoms with Crippen LogP contribution in [0.1, 0.15) is 26.2 Å². The van der Waals surface area contributed by atoms with Crippen LogP contribution in [0.5, 0.6) is 0 Å². The summed E-state index contributed by atoms with van der Waals surface area (Å²) in [6.45, 7) is 1.76. The number of hydrogen-bond acceptors (Lipinski definition) is 5. The van der Waals surface area contributed by atoms with Crippen LogP contribution in [-0.4, -0.2) is 30.9 Å². The van der Waals surface area contributed by atoms with E-state index in [9.17, 15) is 14.4 Å². The highest BCUT2D eigenvalue weighted by Crippen LogP contribution is 2.54. The Morgan fingerprint density at radius 2 is 2.11 bits per heavy atom. The van der Waals surface area contributed by atoms with Gasteiger partial charge in [0.15, 0.2) is 5.78 Å². The lowest BCUT2D eigenvalue weighted by Crippen LogP contribution is -2.54. The molecule has 4 rings (SSSR count). The molecule has 5 nitrogen and oxygen atoms in total. The summed E-state index contributed by atoms with van der Waals surface area (Å²) in [5.41, 5.74) is 0.613. The van der Waals surface area contributed by atoms with Crippen LogP contribution >= 0.6 is 0 Å². The zero-order valence-corrected chi connectivity index (χ0v) is 10.3. The van der Waals surface area contributed by atoms with Gasteiger partial charge in [0.2, 0.25) is 0 Å². The van der Waals surface area contributed by atoms with Gasteiger partial charge in [-0.1, -0.05) is 0 Å². The van der Waals surface area contributed by atoms with Crippen molar-refractivity contribution >= 4 is 17.7 Å². The van der Waals surface area contributed by atoms with Gasteiger partial charge in [-0.2, -0.15) is 0 Å². The van der Waals surface area contributed by atoms with E-state index in [-0.39, 0.29) is 11.8 Å². The lowest BCUT2D eigenvalue weighted by molar-refractivity contribution is -0.179. The fraction of sp³-hybridized carbons (Fsp3) is 0.615. The van der Waals surface area contributed by atoms with Crippen LogP contribution in [-0.2, 0) is 23.9 Å². The quantitative estimate of drug-likeness (QED) is 0.643. The molecule has 2 aliphatic heterocycles. The van der Waals surface area contributed by atoms with Crippen LogP contribution in [0.3, 0.4) is 0 Å². The highest BCUT2D eigenvalue weighted by Gasteiger charge is 2.60. The van der Waals surface area contributed by atoms with Gasteiger partial charge < -0.3 is 9.47 Å². The minimum absolute atomic E-state index is 0.00216. The number of carbonyl (C=O) groups excluding carboxylic acids is 3. The largest absolute Gasteiger partial charge is 0.469 e. The van der Waals surface area contributed by atoms with Crippen molar-refractivity contribution in [2.75, 3.05) is 7.11 Å². The molecule has 2 unspecified atom stereocenters. The molecule has 5 heteroatoms. The van der Waals surface area contributed by atoms with Crippen LogP contribution in [0.2, 0.25) is 0 Å². The van der Waals surface area contributed by atoms with Crippen LogP contribution in [0.15, 0.2) is 11.1 Å². The first-order chi connectivity index (χ1) is 8.49. The Balaban J connectivity index is 2.12. The average Bonchev–Trinajstić information content (AvgIpc) is 2.74. The second kappa shape index (κ2) is 3.43. The van der Waals surface area contributed by atoms with Gasteiger partial charge in [-0.05, 0) is 25.3 Å².